The molecule has 2 heterocycles. The SMILES string of the molecule is COC(=O)c1c(-c2ccc(F)cc2)nn2cc(Br)ccc12. The highest BCUT2D eigenvalue weighted by Crippen LogP contribution is 2.28. The number of methoxy groups -OCH3 is 1. The standard InChI is InChI=1S/C15H10BrFN2O2/c1-21-15(20)13-12-7-4-10(16)8-19(12)18-14(13)9-2-5-11(17)6-3-9/h2-8H,1H3. The summed E-state index contributed by atoms with van der Waals surface area (Å²) in [5.74, 6) is -0.823. The molecule has 0 radical (unpaired) electrons. The van der Waals surface area contributed by atoms with E-state index < -0.39 is 5.97 Å². The summed E-state index contributed by atoms with van der Waals surface area (Å²) in [5.41, 5.74) is 2.09. The molecule has 0 aliphatic heterocycles. The van der Waals surface area contributed by atoms with Crippen LogP contribution in [0.2, 0.25) is 0 Å². The van der Waals surface area contributed by atoms with Gasteiger partial charge in [-0.2, -0.15) is 5.10 Å². The lowest BCUT2D eigenvalue weighted by Crippen LogP contribution is -2.02. The number of hydrogen-bond acceptors (Lipinski definition) is 3. The first-order valence-electron chi connectivity index (χ1n) is 6.12. The normalized spacial score (nSPS) is 10.8. The molecule has 4 nitrogen and oxygen atoms in total. The second-order valence-corrected chi connectivity index (χ2v) is 5.31. The van der Waals surface area contributed by atoms with Gasteiger partial charge < -0.3 is 4.74 Å². The topological polar surface area (TPSA) is 43.6 Å². The van der Waals surface area contributed by atoms with E-state index in [1.165, 1.54) is 19.2 Å². The van der Waals surface area contributed by atoms with Gasteiger partial charge in [-0.1, -0.05) is 0 Å². The average molecular weight is 349 g/mol. The Balaban J connectivity index is 2.30. The number of aromatic nitrogens is 2. The fourth-order valence-corrected chi connectivity index (χ4v) is 2.46. The molecule has 0 aliphatic carbocycles. The molecule has 0 amide bonds. The van der Waals surface area contributed by atoms with E-state index in [4.69, 9.17) is 4.74 Å². The molecular weight excluding hydrogens is 339 g/mol. The summed E-state index contributed by atoms with van der Waals surface area (Å²) in [6, 6.07) is 9.41. The Bertz CT molecular complexity index is 828. The zero-order chi connectivity index (χ0) is 15.0. The Morgan fingerprint density at radius 2 is 1.95 bits per heavy atom. The summed E-state index contributed by atoms with van der Waals surface area (Å²) in [4.78, 5) is 12.1. The van der Waals surface area contributed by atoms with E-state index >= 15 is 0 Å². The highest BCUT2D eigenvalue weighted by Gasteiger charge is 2.21. The number of fused-ring (bicyclic) bond motifs is 1. The van der Waals surface area contributed by atoms with E-state index in [-0.39, 0.29) is 5.82 Å². The highest BCUT2D eigenvalue weighted by molar-refractivity contribution is 9.10. The van der Waals surface area contributed by atoms with Crippen LogP contribution in [0.5, 0.6) is 0 Å². The van der Waals surface area contributed by atoms with Crippen LogP contribution in [0.3, 0.4) is 0 Å². The molecular formula is C15H10BrFN2O2. The van der Waals surface area contributed by atoms with Gasteiger partial charge in [0.05, 0.1) is 12.6 Å². The molecule has 106 valence electrons. The van der Waals surface area contributed by atoms with Gasteiger partial charge >= 0.3 is 5.97 Å². The van der Waals surface area contributed by atoms with E-state index in [1.54, 1.807) is 28.9 Å². The Labute approximate surface area is 128 Å². The van der Waals surface area contributed by atoms with E-state index in [2.05, 4.69) is 21.0 Å². The minimum Gasteiger partial charge on any atom is -0.465 e. The molecule has 0 bridgehead atoms. The number of nitrogens with zero attached hydrogens (tertiary/aromatic N) is 2. The van der Waals surface area contributed by atoms with E-state index in [0.29, 0.717) is 22.3 Å². The molecule has 0 saturated heterocycles. The summed E-state index contributed by atoms with van der Waals surface area (Å²) in [7, 11) is 1.32. The molecule has 6 heteroatoms. The predicted molar refractivity (Wildman–Crippen MR) is 79.6 cm³/mol. The molecule has 3 rings (SSSR count). The molecule has 0 unspecified atom stereocenters. The minimum atomic E-state index is -0.480. The van der Waals surface area contributed by atoms with Crippen molar-refractivity contribution in [3.8, 4) is 11.3 Å². The maximum atomic E-state index is 13.1. The van der Waals surface area contributed by atoms with Gasteiger partial charge in [0, 0.05) is 16.2 Å². The third-order valence-corrected chi connectivity index (χ3v) is 3.57. The highest BCUT2D eigenvalue weighted by atomic mass is 79.9. The van der Waals surface area contributed by atoms with Crippen LogP contribution >= 0.6 is 15.9 Å². The molecule has 0 atom stereocenters. The lowest BCUT2D eigenvalue weighted by atomic mass is 10.1. The maximum Gasteiger partial charge on any atom is 0.342 e. The second kappa shape index (κ2) is 5.29. The van der Waals surface area contributed by atoms with Crippen LogP contribution in [0.4, 0.5) is 4.39 Å². The van der Waals surface area contributed by atoms with Crippen molar-refractivity contribution >= 4 is 27.4 Å². The van der Waals surface area contributed by atoms with Gasteiger partial charge in [0.2, 0.25) is 0 Å². The summed E-state index contributed by atoms with van der Waals surface area (Å²) >= 11 is 3.36. The van der Waals surface area contributed by atoms with Crippen LogP contribution in [0, 0.1) is 5.82 Å². The van der Waals surface area contributed by atoms with Gasteiger partial charge in [-0.05, 0) is 52.3 Å². The molecule has 0 N–H and O–H groups in total. The van der Waals surface area contributed by atoms with E-state index in [9.17, 15) is 9.18 Å². The zero-order valence-electron chi connectivity index (χ0n) is 11.0. The molecule has 21 heavy (non-hydrogen) atoms. The van der Waals surface area contributed by atoms with E-state index in [0.717, 1.165) is 4.47 Å². The molecule has 0 fully saturated rings. The van der Waals surface area contributed by atoms with Crippen LogP contribution in [0.15, 0.2) is 47.1 Å². The molecule has 0 aliphatic rings. The number of benzene rings is 1. The third-order valence-electron chi connectivity index (χ3n) is 3.10. The first-order valence-corrected chi connectivity index (χ1v) is 6.91. The van der Waals surface area contributed by atoms with Gasteiger partial charge in [-0.3, -0.25) is 0 Å². The van der Waals surface area contributed by atoms with Crippen LogP contribution in [-0.4, -0.2) is 22.7 Å². The van der Waals surface area contributed by atoms with Crippen molar-refractivity contribution in [3.05, 3.63) is 58.4 Å². The molecule has 0 spiro atoms. The number of carbonyl (C=O) groups excluding carboxylic acids is 1. The summed E-state index contributed by atoms with van der Waals surface area (Å²) in [5, 5.41) is 4.41. The van der Waals surface area contributed by atoms with Crippen molar-refractivity contribution < 1.29 is 13.9 Å². The fraction of sp³-hybridized carbons (Fsp3) is 0.0667. The summed E-state index contributed by atoms with van der Waals surface area (Å²) < 4.78 is 20.3. The van der Waals surface area contributed by atoms with Crippen LogP contribution in [-0.2, 0) is 4.74 Å². The van der Waals surface area contributed by atoms with E-state index in [1.807, 2.05) is 6.07 Å². The number of rotatable bonds is 2. The summed E-state index contributed by atoms with van der Waals surface area (Å²) in [6.45, 7) is 0. The maximum absolute atomic E-state index is 13.1. The largest absolute Gasteiger partial charge is 0.465 e. The van der Waals surface area contributed by atoms with Gasteiger partial charge in [0.1, 0.15) is 17.1 Å². The van der Waals surface area contributed by atoms with Crippen molar-refractivity contribution in [2.45, 2.75) is 0 Å². The lowest BCUT2D eigenvalue weighted by molar-refractivity contribution is 0.0604. The molecule has 2 aromatic heterocycles. The number of ether oxygens (including phenoxy) is 1. The molecule has 1 aromatic carbocycles. The third kappa shape index (κ3) is 2.42. The number of esters is 1. The molecule has 3 aromatic rings. The second-order valence-electron chi connectivity index (χ2n) is 4.40. The Morgan fingerprint density at radius 1 is 1.24 bits per heavy atom. The predicted octanol–water partition coefficient (Wildman–Crippen LogP) is 3.69. The van der Waals surface area contributed by atoms with Crippen LogP contribution < -0.4 is 0 Å². The Hall–Kier alpha value is -2.21. The first-order chi connectivity index (χ1) is 10.1. The van der Waals surface area contributed by atoms with Gasteiger partial charge in [0.15, 0.2) is 0 Å². The van der Waals surface area contributed by atoms with Crippen molar-refractivity contribution in [2.24, 2.45) is 0 Å². The fourth-order valence-electron chi connectivity index (χ4n) is 2.14. The van der Waals surface area contributed by atoms with Gasteiger partial charge in [-0.25, -0.2) is 13.7 Å². The lowest BCUT2D eigenvalue weighted by Gasteiger charge is -2.01. The van der Waals surface area contributed by atoms with Crippen LogP contribution in [0.25, 0.3) is 16.8 Å². The minimum absolute atomic E-state index is 0.343. The van der Waals surface area contributed by atoms with Gasteiger partial charge in [-0.15, -0.1) is 0 Å². The average Bonchev–Trinajstić information content (AvgIpc) is 2.85. The van der Waals surface area contributed by atoms with Crippen LogP contribution in [0.1, 0.15) is 10.4 Å². The summed E-state index contributed by atoms with van der Waals surface area (Å²) in [6.07, 6.45) is 1.74. The van der Waals surface area contributed by atoms with Crippen molar-refractivity contribution in [1.82, 2.24) is 9.61 Å². The molecule has 0 saturated carbocycles. The van der Waals surface area contributed by atoms with Crippen molar-refractivity contribution in [1.29, 1.82) is 0 Å². The Kier molecular flexibility index (Phi) is 3.47. The quantitative estimate of drug-likeness (QED) is 0.663. The van der Waals surface area contributed by atoms with Crippen molar-refractivity contribution in [3.63, 3.8) is 0 Å². The number of hydrogen-bond donors (Lipinski definition) is 0. The van der Waals surface area contributed by atoms with Crippen molar-refractivity contribution in [2.75, 3.05) is 7.11 Å². The number of carbonyl (C=O) groups is 1. The smallest absolute Gasteiger partial charge is 0.342 e. The van der Waals surface area contributed by atoms with Gasteiger partial charge in [0.25, 0.3) is 0 Å². The number of halogens is 2. The monoisotopic (exact) mass is 348 g/mol. The number of pyridine rings is 1. The first kappa shape index (κ1) is 13.8. The Morgan fingerprint density at radius 3 is 2.62 bits per heavy atom. The zero-order valence-corrected chi connectivity index (χ0v) is 12.6.